The second kappa shape index (κ2) is 5.83. The van der Waals surface area contributed by atoms with Gasteiger partial charge in [0, 0.05) is 12.6 Å². The number of ketones is 1. The fraction of sp³-hybridized carbons (Fsp3) is 0.250. The van der Waals surface area contributed by atoms with Crippen molar-refractivity contribution in [3.63, 3.8) is 0 Å². The van der Waals surface area contributed by atoms with Crippen LogP contribution in [0.25, 0.3) is 11.3 Å². The summed E-state index contributed by atoms with van der Waals surface area (Å²) >= 11 is 0. The minimum absolute atomic E-state index is 0.170. The summed E-state index contributed by atoms with van der Waals surface area (Å²) in [6.07, 6.45) is 0. The Morgan fingerprint density at radius 2 is 1.81 bits per heavy atom. The van der Waals surface area contributed by atoms with Crippen molar-refractivity contribution in [3.05, 3.63) is 46.2 Å². The van der Waals surface area contributed by atoms with Gasteiger partial charge in [0.05, 0.1) is 25.5 Å². The van der Waals surface area contributed by atoms with E-state index in [1.54, 1.807) is 51.6 Å². The maximum atomic E-state index is 12.2. The van der Waals surface area contributed by atoms with Crippen molar-refractivity contribution in [3.8, 4) is 22.8 Å². The number of benzene rings is 1. The van der Waals surface area contributed by atoms with Crippen LogP contribution >= 0.6 is 0 Å². The Balaban J connectivity index is 2.70. The molecule has 1 aromatic carbocycles. The second-order valence-corrected chi connectivity index (χ2v) is 4.62. The molecule has 0 atom stereocenters. The Morgan fingerprint density at radius 3 is 2.38 bits per heavy atom. The molecule has 0 aliphatic heterocycles. The molecule has 1 aromatic heterocycles. The number of ether oxygens (including phenoxy) is 2. The molecule has 1 heterocycles. The topological polar surface area (TPSA) is 57.5 Å². The molecule has 5 heteroatoms. The summed E-state index contributed by atoms with van der Waals surface area (Å²) in [6, 6.07) is 8.62. The summed E-state index contributed by atoms with van der Waals surface area (Å²) in [4.78, 5) is 23.7. The van der Waals surface area contributed by atoms with Gasteiger partial charge in [-0.3, -0.25) is 9.59 Å². The van der Waals surface area contributed by atoms with Crippen molar-refractivity contribution in [1.29, 1.82) is 0 Å². The highest BCUT2D eigenvalue weighted by atomic mass is 16.5. The summed E-state index contributed by atoms with van der Waals surface area (Å²) in [5.74, 6) is 1.04. The molecule has 0 saturated heterocycles. The van der Waals surface area contributed by atoms with Gasteiger partial charge in [-0.15, -0.1) is 0 Å². The number of hydrogen-bond acceptors (Lipinski definition) is 4. The number of rotatable bonds is 4. The highest BCUT2D eigenvalue weighted by Crippen LogP contribution is 2.32. The molecule has 0 fully saturated rings. The molecule has 0 N–H and O–H groups in total. The van der Waals surface area contributed by atoms with Gasteiger partial charge in [-0.1, -0.05) is 0 Å². The number of pyridine rings is 1. The van der Waals surface area contributed by atoms with Crippen LogP contribution in [-0.2, 0) is 7.05 Å². The van der Waals surface area contributed by atoms with Crippen LogP contribution in [0.4, 0.5) is 0 Å². The molecule has 0 aliphatic rings. The molecule has 0 spiro atoms. The van der Waals surface area contributed by atoms with Crippen LogP contribution in [0, 0.1) is 0 Å². The van der Waals surface area contributed by atoms with E-state index in [1.165, 1.54) is 11.5 Å². The van der Waals surface area contributed by atoms with E-state index < -0.39 is 0 Å². The Labute approximate surface area is 122 Å². The van der Waals surface area contributed by atoms with Crippen LogP contribution in [0.15, 0.2) is 35.1 Å². The average molecular weight is 287 g/mol. The Bertz CT molecular complexity index is 746. The van der Waals surface area contributed by atoms with E-state index in [-0.39, 0.29) is 16.9 Å². The molecule has 0 bridgehead atoms. The monoisotopic (exact) mass is 287 g/mol. The van der Waals surface area contributed by atoms with Crippen molar-refractivity contribution in [1.82, 2.24) is 4.57 Å². The lowest BCUT2D eigenvalue weighted by Crippen LogP contribution is -2.24. The van der Waals surface area contributed by atoms with Gasteiger partial charge in [-0.2, -0.15) is 0 Å². The molecule has 0 amide bonds. The maximum Gasteiger partial charge on any atom is 0.261 e. The van der Waals surface area contributed by atoms with Gasteiger partial charge in [0.2, 0.25) is 0 Å². The SMILES string of the molecule is COc1ccc(OC)c(-c2ccc(C(C)=O)c(=O)n2C)c1. The zero-order valence-electron chi connectivity index (χ0n) is 12.5. The van der Waals surface area contributed by atoms with Gasteiger partial charge in [-0.25, -0.2) is 0 Å². The van der Waals surface area contributed by atoms with Crippen molar-refractivity contribution in [2.45, 2.75) is 6.92 Å². The number of carbonyl (C=O) groups is 1. The quantitative estimate of drug-likeness (QED) is 0.809. The first kappa shape index (κ1) is 14.8. The molecule has 0 unspecified atom stereocenters. The van der Waals surface area contributed by atoms with Gasteiger partial charge >= 0.3 is 0 Å². The van der Waals surface area contributed by atoms with E-state index in [0.717, 1.165) is 5.56 Å². The minimum Gasteiger partial charge on any atom is -0.497 e. The summed E-state index contributed by atoms with van der Waals surface area (Å²) in [5.41, 5.74) is 1.22. The first-order valence-electron chi connectivity index (χ1n) is 6.43. The predicted octanol–water partition coefficient (Wildman–Crippen LogP) is 2.27. The fourth-order valence-corrected chi connectivity index (χ4v) is 2.19. The molecule has 110 valence electrons. The molecule has 2 aromatic rings. The number of carbonyl (C=O) groups excluding carboxylic acids is 1. The standard InChI is InChI=1S/C16H17NO4/c1-10(18)12-6-7-14(17(2)16(12)19)13-9-11(20-3)5-8-15(13)21-4/h5-9H,1-4H3. The third-order valence-electron chi connectivity index (χ3n) is 3.37. The molecule has 2 rings (SSSR count). The molecule has 0 aliphatic carbocycles. The van der Waals surface area contributed by atoms with Gasteiger partial charge in [0.25, 0.3) is 5.56 Å². The molecular formula is C16H17NO4. The highest BCUT2D eigenvalue weighted by molar-refractivity contribution is 5.94. The van der Waals surface area contributed by atoms with Crippen molar-refractivity contribution in [2.24, 2.45) is 7.05 Å². The third-order valence-corrected chi connectivity index (χ3v) is 3.37. The van der Waals surface area contributed by atoms with Gasteiger partial charge < -0.3 is 14.0 Å². The summed E-state index contributed by atoms with van der Waals surface area (Å²) in [6.45, 7) is 1.38. The molecule has 21 heavy (non-hydrogen) atoms. The largest absolute Gasteiger partial charge is 0.497 e. The number of nitrogens with zero attached hydrogens (tertiary/aromatic N) is 1. The fourth-order valence-electron chi connectivity index (χ4n) is 2.19. The average Bonchev–Trinajstić information content (AvgIpc) is 2.49. The van der Waals surface area contributed by atoms with Gasteiger partial charge in [0.1, 0.15) is 11.5 Å². The van der Waals surface area contributed by atoms with E-state index in [1.807, 2.05) is 0 Å². The number of Topliss-reactive ketones (excluding diaryl/α,β-unsaturated/α-hetero) is 1. The first-order chi connectivity index (χ1) is 9.99. The van der Waals surface area contributed by atoms with Crippen LogP contribution in [0.5, 0.6) is 11.5 Å². The van der Waals surface area contributed by atoms with E-state index in [4.69, 9.17) is 9.47 Å². The number of methoxy groups -OCH3 is 2. The number of aromatic nitrogens is 1. The van der Waals surface area contributed by atoms with Crippen molar-refractivity contribution >= 4 is 5.78 Å². The summed E-state index contributed by atoms with van der Waals surface area (Å²) in [7, 11) is 4.76. The lowest BCUT2D eigenvalue weighted by atomic mass is 10.1. The van der Waals surface area contributed by atoms with Crippen LogP contribution in [0.3, 0.4) is 0 Å². The van der Waals surface area contributed by atoms with Crippen LogP contribution < -0.4 is 15.0 Å². The first-order valence-corrected chi connectivity index (χ1v) is 6.43. The van der Waals surface area contributed by atoms with Crippen LogP contribution in [0.2, 0.25) is 0 Å². The Kier molecular flexibility index (Phi) is 4.12. The smallest absolute Gasteiger partial charge is 0.261 e. The lowest BCUT2D eigenvalue weighted by molar-refractivity contribution is 0.101. The zero-order chi connectivity index (χ0) is 15.6. The lowest BCUT2D eigenvalue weighted by Gasteiger charge is -2.14. The highest BCUT2D eigenvalue weighted by Gasteiger charge is 2.14. The maximum absolute atomic E-state index is 12.2. The summed E-state index contributed by atoms with van der Waals surface area (Å²) in [5, 5.41) is 0. The van der Waals surface area contributed by atoms with Gasteiger partial charge in [-0.05, 0) is 37.3 Å². The molecule has 0 saturated carbocycles. The molecule has 0 radical (unpaired) electrons. The zero-order valence-corrected chi connectivity index (χ0v) is 12.5. The summed E-state index contributed by atoms with van der Waals surface area (Å²) < 4.78 is 12.0. The van der Waals surface area contributed by atoms with E-state index in [9.17, 15) is 9.59 Å². The van der Waals surface area contributed by atoms with Gasteiger partial charge in [0.15, 0.2) is 5.78 Å². The Morgan fingerprint density at radius 1 is 1.10 bits per heavy atom. The predicted molar refractivity (Wildman–Crippen MR) is 80.2 cm³/mol. The normalized spacial score (nSPS) is 10.3. The van der Waals surface area contributed by atoms with E-state index in [0.29, 0.717) is 17.2 Å². The number of hydrogen-bond donors (Lipinski definition) is 0. The van der Waals surface area contributed by atoms with Crippen LogP contribution in [0.1, 0.15) is 17.3 Å². The van der Waals surface area contributed by atoms with Crippen LogP contribution in [-0.4, -0.2) is 24.6 Å². The van der Waals surface area contributed by atoms with Crippen molar-refractivity contribution < 1.29 is 14.3 Å². The van der Waals surface area contributed by atoms with E-state index >= 15 is 0 Å². The molecular weight excluding hydrogens is 270 g/mol. The Hall–Kier alpha value is -2.56. The molecule has 5 nitrogen and oxygen atoms in total. The van der Waals surface area contributed by atoms with Crippen molar-refractivity contribution in [2.75, 3.05) is 14.2 Å². The van der Waals surface area contributed by atoms with E-state index in [2.05, 4.69) is 0 Å². The second-order valence-electron chi connectivity index (χ2n) is 4.62. The minimum atomic E-state index is -0.329. The third kappa shape index (κ3) is 2.67.